The van der Waals surface area contributed by atoms with Gasteiger partial charge in [0.15, 0.2) is 0 Å². The first kappa shape index (κ1) is 13.1. The zero-order chi connectivity index (χ0) is 13.1. The van der Waals surface area contributed by atoms with Crippen molar-refractivity contribution in [3.05, 3.63) is 35.9 Å². The molecule has 0 bridgehead atoms. The van der Waals surface area contributed by atoms with Crippen molar-refractivity contribution in [2.45, 2.75) is 31.3 Å². The van der Waals surface area contributed by atoms with Gasteiger partial charge in [0.05, 0.1) is 0 Å². The minimum atomic E-state index is 0.391. The van der Waals surface area contributed by atoms with Gasteiger partial charge in [0.1, 0.15) is 0 Å². The number of hydrogen-bond acceptors (Lipinski definition) is 3. The molecule has 2 fully saturated rings. The minimum Gasteiger partial charge on any atom is -0.329 e. The Morgan fingerprint density at radius 2 is 1.89 bits per heavy atom. The van der Waals surface area contributed by atoms with Crippen molar-refractivity contribution in [1.29, 1.82) is 0 Å². The summed E-state index contributed by atoms with van der Waals surface area (Å²) in [4.78, 5) is 5.30. The second-order valence-electron chi connectivity index (χ2n) is 5.84. The Morgan fingerprint density at radius 1 is 1.11 bits per heavy atom. The highest BCUT2D eigenvalue weighted by atomic mass is 15.3. The van der Waals surface area contributed by atoms with E-state index in [2.05, 4.69) is 40.1 Å². The summed E-state index contributed by atoms with van der Waals surface area (Å²) >= 11 is 0. The molecule has 2 heterocycles. The van der Waals surface area contributed by atoms with Gasteiger partial charge in [-0.1, -0.05) is 30.3 Å². The SMILES string of the molecule is NCC(c1ccccc1)N1CCCN2CCCC2C1. The van der Waals surface area contributed by atoms with Gasteiger partial charge in [-0.2, -0.15) is 0 Å². The molecule has 3 nitrogen and oxygen atoms in total. The molecular weight excluding hydrogens is 234 g/mol. The number of hydrogen-bond donors (Lipinski definition) is 1. The summed E-state index contributed by atoms with van der Waals surface area (Å²) in [5.74, 6) is 0. The van der Waals surface area contributed by atoms with E-state index < -0.39 is 0 Å². The van der Waals surface area contributed by atoms with E-state index in [9.17, 15) is 0 Å². The lowest BCUT2D eigenvalue weighted by Gasteiger charge is -2.32. The van der Waals surface area contributed by atoms with Crippen molar-refractivity contribution >= 4 is 0 Å². The Balaban J connectivity index is 1.75. The molecule has 104 valence electrons. The van der Waals surface area contributed by atoms with Gasteiger partial charge in [0.2, 0.25) is 0 Å². The Kier molecular flexibility index (Phi) is 4.16. The topological polar surface area (TPSA) is 32.5 Å². The van der Waals surface area contributed by atoms with Crippen molar-refractivity contribution in [3.63, 3.8) is 0 Å². The number of nitrogens with two attached hydrogens (primary N) is 1. The van der Waals surface area contributed by atoms with E-state index in [0.29, 0.717) is 6.04 Å². The molecule has 2 saturated heterocycles. The summed E-state index contributed by atoms with van der Waals surface area (Å²) in [6, 6.07) is 11.9. The van der Waals surface area contributed by atoms with Gasteiger partial charge in [-0.15, -0.1) is 0 Å². The maximum atomic E-state index is 6.07. The summed E-state index contributed by atoms with van der Waals surface area (Å²) in [6.07, 6.45) is 4.01. The van der Waals surface area contributed by atoms with E-state index in [-0.39, 0.29) is 0 Å². The van der Waals surface area contributed by atoms with Crippen LogP contribution in [0.5, 0.6) is 0 Å². The summed E-state index contributed by atoms with van der Waals surface area (Å²) in [6.45, 7) is 5.67. The van der Waals surface area contributed by atoms with Crippen molar-refractivity contribution in [1.82, 2.24) is 9.80 Å². The van der Waals surface area contributed by atoms with Crippen LogP contribution in [-0.4, -0.2) is 48.6 Å². The molecule has 3 rings (SSSR count). The largest absolute Gasteiger partial charge is 0.329 e. The van der Waals surface area contributed by atoms with E-state index in [1.54, 1.807) is 0 Å². The molecule has 2 aliphatic rings. The molecule has 19 heavy (non-hydrogen) atoms. The molecule has 3 heteroatoms. The zero-order valence-electron chi connectivity index (χ0n) is 11.7. The van der Waals surface area contributed by atoms with Crippen molar-refractivity contribution in [2.24, 2.45) is 5.73 Å². The average molecular weight is 259 g/mol. The van der Waals surface area contributed by atoms with Gasteiger partial charge in [-0.3, -0.25) is 9.80 Å². The predicted molar refractivity (Wildman–Crippen MR) is 79.0 cm³/mol. The van der Waals surface area contributed by atoms with Crippen molar-refractivity contribution < 1.29 is 0 Å². The first-order valence-corrected chi connectivity index (χ1v) is 7.61. The van der Waals surface area contributed by atoms with Gasteiger partial charge >= 0.3 is 0 Å². The molecule has 0 aliphatic carbocycles. The third kappa shape index (κ3) is 2.83. The highest BCUT2D eigenvalue weighted by molar-refractivity contribution is 5.19. The highest BCUT2D eigenvalue weighted by Gasteiger charge is 2.31. The quantitative estimate of drug-likeness (QED) is 0.899. The van der Waals surface area contributed by atoms with Crippen LogP contribution in [0.3, 0.4) is 0 Å². The van der Waals surface area contributed by atoms with E-state index in [1.165, 1.54) is 51.0 Å². The molecule has 0 radical (unpaired) electrons. The summed E-state index contributed by atoms with van der Waals surface area (Å²) < 4.78 is 0. The second-order valence-corrected chi connectivity index (χ2v) is 5.84. The van der Waals surface area contributed by atoms with E-state index >= 15 is 0 Å². The van der Waals surface area contributed by atoms with Crippen LogP contribution < -0.4 is 5.73 Å². The van der Waals surface area contributed by atoms with Crippen LogP contribution in [0.1, 0.15) is 30.9 Å². The smallest absolute Gasteiger partial charge is 0.0471 e. The van der Waals surface area contributed by atoms with Crippen LogP contribution in [0.4, 0.5) is 0 Å². The molecule has 1 aromatic rings. The molecule has 2 N–H and O–H groups in total. The van der Waals surface area contributed by atoms with Gasteiger partial charge < -0.3 is 5.73 Å². The van der Waals surface area contributed by atoms with Crippen LogP contribution in [0.15, 0.2) is 30.3 Å². The molecule has 2 atom stereocenters. The molecule has 0 aromatic heterocycles. The van der Waals surface area contributed by atoms with E-state index in [0.717, 1.165) is 12.6 Å². The first-order valence-electron chi connectivity index (χ1n) is 7.61. The molecule has 0 spiro atoms. The molecule has 0 amide bonds. The van der Waals surface area contributed by atoms with E-state index in [1.807, 2.05) is 0 Å². The Morgan fingerprint density at radius 3 is 2.68 bits per heavy atom. The fourth-order valence-electron chi connectivity index (χ4n) is 3.69. The minimum absolute atomic E-state index is 0.391. The maximum Gasteiger partial charge on any atom is 0.0471 e. The standard InChI is InChI=1S/C16H25N3/c17-12-16(14-6-2-1-3-7-14)19-11-5-10-18-9-4-8-15(18)13-19/h1-3,6-7,15-16H,4-5,8-13,17H2. The summed E-state index contributed by atoms with van der Waals surface area (Å²) in [7, 11) is 0. The third-order valence-corrected chi connectivity index (χ3v) is 4.68. The van der Waals surface area contributed by atoms with Crippen LogP contribution in [0, 0.1) is 0 Å². The second kappa shape index (κ2) is 6.04. The highest BCUT2D eigenvalue weighted by Crippen LogP contribution is 2.27. The van der Waals surface area contributed by atoms with Gasteiger partial charge in [-0.25, -0.2) is 0 Å². The fourth-order valence-corrected chi connectivity index (χ4v) is 3.69. The number of fused-ring (bicyclic) bond motifs is 1. The van der Waals surface area contributed by atoms with Crippen molar-refractivity contribution in [3.8, 4) is 0 Å². The third-order valence-electron chi connectivity index (χ3n) is 4.68. The normalized spacial score (nSPS) is 26.9. The first-order chi connectivity index (χ1) is 9.38. The summed E-state index contributed by atoms with van der Waals surface area (Å²) in [5.41, 5.74) is 7.44. The van der Waals surface area contributed by atoms with Crippen LogP contribution >= 0.6 is 0 Å². The average Bonchev–Trinajstić information content (AvgIpc) is 2.79. The lowest BCUT2D eigenvalue weighted by atomic mass is 10.0. The van der Waals surface area contributed by atoms with Crippen LogP contribution in [0.2, 0.25) is 0 Å². The maximum absolute atomic E-state index is 6.07. The number of rotatable bonds is 3. The Hall–Kier alpha value is -0.900. The molecule has 0 saturated carbocycles. The van der Waals surface area contributed by atoms with Gasteiger partial charge in [0, 0.05) is 31.7 Å². The summed E-state index contributed by atoms with van der Waals surface area (Å²) in [5, 5.41) is 0. The van der Waals surface area contributed by atoms with Crippen LogP contribution in [-0.2, 0) is 0 Å². The van der Waals surface area contributed by atoms with Crippen LogP contribution in [0.25, 0.3) is 0 Å². The molecule has 2 aliphatic heterocycles. The van der Waals surface area contributed by atoms with Gasteiger partial charge in [-0.05, 0) is 37.9 Å². The number of benzene rings is 1. The van der Waals surface area contributed by atoms with Crippen molar-refractivity contribution in [2.75, 3.05) is 32.7 Å². The zero-order valence-corrected chi connectivity index (χ0v) is 11.7. The Labute approximate surface area is 116 Å². The predicted octanol–water partition coefficient (Wildman–Crippen LogP) is 1.86. The molecular formula is C16H25N3. The monoisotopic (exact) mass is 259 g/mol. The molecule has 1 aromatic carbocycles. The van der Waals surface area contributed by atoms with Gasteiger partial charge in [0.25, 0.3) is 0 Å². The Bertz CT molecular complexity index is 392. The lowest BCUT2D eigenvalue weighted by Crippen LogP contribution is -2.40. The van der Waals surface area contributed by atoms with E-state index in [4.69, 9.17) is 5.73 Å². The number of nitrogens with zero attached hydrogens (tertiary/aromatic N) is 2. The molecule has 2 unspecified atom stereocenters. The fraction of sp³-hybridized carbons (Fsp3) is 0.625. The lowest BCUT2D eigenvalue weighted by molar-refractivity contribution is 0.176.